The van der Waals surface area contributed by atoms with E-state index < -0.39 is 0 Å². The van der Waals surface area contributed by atoms with Crippen LogP contribution in [0.15, 0.2) is 54.6 Å². The van der Waals surface area contributed by atoms with Gasteiger partial charge in [0.15, 0.2) is 0 Å². The quantitative estimate of drug-likeness (QED) is 0.161. The zero-order valence-electron chi connectivity index (χ0n) is 31.7. The number of aryl methyl sites for hydroxylation is 1. The lowest BCUT2D eigenvalue weighted by molar-refractivity contribution is 0.195. The summed E-state index contributed by atoms with van der Waals surface area (Å²) < 4.78 is 0. The van der Waals surface area contributed by atoms with E-state index in [4.69, 9.17) is 23.2 Å². The van der Waals surface area contributed by atoms with E-state index in [0.29, 0.717) is 0 Å². The molecular formula is C45H51BCl2N2. The van der Waals surface area contributed by atoms with E-state index in [1.54, 1.807) is 0 Å². The molecule has 0 N–H and O–H groups in total. The second kappa shape index (κ2) is 10.2. The molecule has 2 atom stereocenters. The van der Waals surface area contributed by atoms with Crippen LogP contribution in [0.4, 0.5) is 28.4 Å². The van der Waals surface area contributed by atoms with E-state index in [0.717, 1.165) is 15.7 Å². The highest BCUT2D eigenvalue weighted by Gasteiger charge is 2.61. The first kappa shape index (κ1) is 33.0. The van der Waals surface area contributed by atoms with Gasteiger partial charge >= 0.3 is 0 Å². The second-order valence-corrected chi connectivity index (χ2v) is 20.0. The zero-order chi connectivity index (χ0) is 35.5. The Balaban J connectivity index is 1.40. The molecule has 0 bridgehead atoms. The summed E-state index contributed by atoms with van der Waals surface area (Å²) in [6.07, 6.45) is 7.26. The summed E-state index contributed by atoms with van der Waals surface area (Å²) in [5.41, 5.74) is 17.9. The maximum absolute atomic E-state index is 7.31. The smallest absolute Gasteiger partial charge is 0.252 e. The van der Waals surface area contributed by atoms with E-state index in [1.165, 1.54) is 105 Å². The van der Waals surface area contributed by atoms with Crippen LogP contribution in [-0.2, 0) is 21.7 Å². The fourth-order valence-corrected chi connectivity index (χ4v) is 11.3. The van der Waals surface area contributed by atoms with Crippen molar-refractivity contribution in [2.75, 3.05) is 9.80 Å². The number of anilines is 5. The van der Waals surface area contributed by atoms with Crippen LogP contribution in [0.5, 0.6) is 0 Å². The average Bonchev–Trinajstić information content (AvgIpc) is 3.25. The molecule has 2 unspecified atom stereocenters. The maximum Gasteiger partial charge on any atom is 0.252 e. The highest BCUT2D eigenvalue weighted by molar-refractivity contribution is 7.00. The summed E-state index contributed by atoms with van der Waals surface area (Å²) in [4.78, 5) is 5.29. The van der Waals surface area contributed by atoms with Gasteiger partial charge in [-0.25, -0.2) is 0 Å². The molecule has 0 radical (unpaired) electrons. The van der Waals surface area contributed by atoms with Crippen molar-refractivity contribution in [2.45, 2.75) is 135 Å². The Bertz CT molecular complexity index is 2160. The summed E-state index contributed by atoms with van der Waals surface area (Å²) >= 11 is 14.3. The molecule has 0 aromatic heterocycles. The van der Waals surface area contributed by atoms with Crippen LogP contribution in [0.25, 0.3) is 0 Å². The van der Waals surface area contributed by atoms with E-state index in [9.17, 15) is 0 Å². The highest BCUT2D eigenvalue weighted by Crippen LogP contribution is 2.62. The fourth-order valence-electron chi connectivity index (χ4n) is 10.9. The Morgan fingerprint density at radius 1 is 0.640 bits per heavy atom. The predicted molar refractivity (Wildman–Crippen MR) is 217 cm³/mol. The van der Waals surface area contributed by atoms with Crippen molar-refractivity contribution in [3.63, 3.8) is 0 Å². The molecule has 2 nitrogen and oxygen atoms in total. The predicted octanol–water partition coefficient (Wildman–Crippen LogP) is 11.3. The van der Waals surface area contributed by atoms with Crippen molar-refractivity contribution in [2.24, 2.45) is 0 Å². The zero-order valence-corrected chi connectivity index (χ0v) is 33.2. The molecule has 258 valence electrons. The van der Waals surface area contributed by atoms with Crippen LogP contribution in [0.3, 0.4) is 0 Å². The SMILES string of the molecule is Cc1cc2c(cc1N1c3cc(Cl)ccc3B3c4cc(C(C)(C)C)cc5c4N(c4cc(Cl)cc1c43)C1(C)CCCCC51C)C(C)(C)CCC2(C)C. The van der Waals surface area contributed by atoms with E-state index >= 15 is 0 Å². The van der Waals surface area contributed by atoms with Crippen LogP contribution < -0.4 is 26.2 Å². The van der Waals surface area contributed by atoms with Crippen LogP contribution in [0, 0.1) is 6.92 Å². The minimum atomic E-state index is -0.0509. The van der Waals surface area contributed by atoms with E-state index in [2.05, 4.69) is 134 Å². The van der Waals surface area contributed by atoms with Gasteiger partial charge in [0.25, 0.3) is 6.71 Å². The lowest BCUT2D eigenvalue weighted by Crippen LogP contribution is -2.64. The first-order valence-electron chi connectivity index (χ1n) is 19.0. The summed E-state index contributed by atoms with van der Waals surface area (Å²) in [6.45, 7) is 24.3. The Labute approximate surface area is 310 Å². The second-order valence-electron chi connectivity index (χ2n) is 19.1. The van der Waals surface area contributed by atoms with Gasteiger partial charge in [0.05, 0.1) is 5.54 Å². The third kappa shape index (κ3) is 4.17. The largest absolute Gasteiger partial charge is 0.335 e. The Morgan fingerprint density at radius 2 is 1.28 bits per heavy atom. The normalized spacial score (nSPS) is 25.1. The molecule has 0 amide bonds. The van der Waals surface area contributed by atoms with Crippen molar-refractivity contribution in [3.8, 4) is 0 Å². The van der Waals surface area contributed by atoms with Crippen molar-refractivity contribution < 1.29 is 0 Å². The molecule has 50 heavy (non-hydrogen) atoms. The van der Waals surface area contributed by atoms with Crippen LogP contribution in [0.2, 0.25) is 10.0 Å². The maximum atomic E-state index is 7.31. The Hall–Kier alpha value is -2.88. The summed E-state index contributed by atoms with van der Waals surface area (Å²) in [6, 6.07) is 21.3. The number of hydrogen-bond acceptors (Lipinski definition) is 2. The van der Waals surface area contributed by atoms with Gasteiger partial charge in [-0.05, 0) is 130 Å². The first-order valence-corrected chi connectivity index (χ1v) is 19.7. The molecule has 4 aromatic carbocycles. The van der Waals surface area contributed by atoms with Crippen molar-refractivity contribution in [3.05, 3.63) is 92.5 Å². The average molecular weight is 702 g/mol. The molecule has 3 aliphatic heterocycles. The van der Waals surface area contributed by atoms with E-state index in [-0.39, 0.29) is 33.9 Å². The van der Waals surface area contributed by atoms with Gasteiger partial charge in [-0.1, -0.05) is 116 Å². The summed E-state index contributed by atoms with van der Waals surface area (Å²) in [7, 11) is 0. The van der Waals surface area contributed by atoms with Crippen LogP contribution in [-0.4, -0.2) is 12.3 Å². The van der Waals surface area contributed by atoms with Crippen molar-refractivity contribution >= 4 is 74.7 Å². The van der Waals surface area contributed by atoms with Gasteiger partial charge in [0, 0.05) is 43.9 Å². The summed E-state index contributed by atoms with van der Waals surface area (Å²) in [5, 5.41) is 1.54. The minimum Gasteiger partial charge on any atom is -0.335 e. The van der Waals surface area contributed by atoms with Crippen molar-refractivity contribution in [1.29, 1.82) is 0 Å². The summed E-state index contributed by atoms with van der Waals surface area (Å²) in [5.74, 6) is 0. The number of nitrogens with zero attached hydrogens (tertiary/aromatic N) is 2. The van der Waals surface area contributed by atoms with Crippen LogP contribution in [0.1, 0.15) is 129 Å². The molecule has 5 heteroatoms. The Morgan fingerprint density at radius 3 is 1.98 bits per heavy atom. The number of hydrogen-bond donors (Lipinski definition) is 0. The van der Waals surface area contributed by atoms with Gasteiger partial charge in [0.2, 0.25) is 0 Å². The molecule has 1 fully saturated rings. The molecule has 5 aliphatic rings. The number of benzene rings is 4. The lowest BCUT2D eigenvalue weighted by Gasteiger charge is -2.53. The molecule has 1 saturated carbocycles. The molecule has 0 saturated heterocycles. The first-order chi connectivity index (χ1) is 23.4. The molecular weight excluding hydrogens is 650 g/mol. The fraction of sp³-hybridized carbons (Fsp3) is 0.467. The molecule has 3 heterocycles. The molecule has 4 aromatic rings. The number of rotatable bonds is 1. The monoisotopic (exact) mass is 700 g/mol. The van der Waals surface area contributed by atoms with Gasteiger partial charge in [-0.3, -0.25) is 0 Å². The molecule has 0 spiro atoms. The third-order valence-corrected chi connectivity index (χ3v) is 14.7. The van der Waals surface area contributed by atoms with E-state index in [1.807, 2.05) is 0 Å². The molecule has 9 rings (SSSR count). The van der Waals surface area contributed by atoms with Gasteiger partial charge in [-0.2, -0.15) is 0 Å². The third-order valence-electron chi connectivity index (χ3n) is 14.2. The highest BCUT2D eigenvalue weighted by atomic mass is 35.5. The standard InChI is InChI=1S/C45H51BCl2N2/c1-26-19-30-31(43(7,8)18-17-42(30,5)6)25-35(26)49-36-22-28(47)13-14-33(36)46-34-21-27(41(2,3)4)20-32-40(34)50(38-24-29(48)23-37(49)39(38)46)45(10)16-12-11-15-44(32,45)9/h13-14,19-25H,11-12,15-18H2,1-10H3. The van der Waals surface area contributed by atoms with Gasteiger partial charge in [-0.15, -0.1) is 0 Å². The van der Waals surface area contributed by atoms with Crippen molar-refractivity contribution in [1.82, 2.24) is 0 Å². The minimum absolute atomic E-state index is 0.0217. The van der Waals surface area contributed by atoms with Gasteiger partial charge < -0.3 is 9.80 Å². The Kier molecular flexibility index (Phi) is 6.71. The molecule has 2 aliphatic carbocycles. The lowest BCUT2D eigenvalue weighted by atomic mass is 9.33. The number of halogens is 2. The number of fused-ring (bicyclic) bond motifs is 8. The topological polar surface area (TPSA) is 6.48 Å². The van der Waals surface area contributed by atoms with Gasteiger partial charge in [0.1, 0.15) is 0 Å². The van der Waals surface area contributed by atoms with Crippen LogP contribution >= 0.6 is 23.2 Å².